The highest BCUT2D eigenvalue weighted by Gasteiger charge is 2.19. The predicted octanol–water partition coefficient (Wildman–Crippen LogP) is 11.4. The van der Waals surface area contributed by atoms with Crippen LogP contribution in [0.2, 0.25) is 0 Å². The molecule has 0 aliphatic heterocycles. The van der Waals surface area contributed by atoms with Gasteiger partial charge in [-0.25, -0.2) is 0 Å². The molecule has 0 amide bonds. The predicted molar refractivity (Wildman–Crippen MR) is 188 cm³/mol. The molecule has 0 atom stereocenters. The second-order valence-electron chi connectivity index (χ2n) is 11.4. The first-order chi connectivity index (χ1) is 24.4. The molecule has 0 saturated carbocycles. The summed E-state index contributed by atoms with van der Waals surface area (Å²) in [6.07, 6.45) is 0. The summed E-state index contributed by atoms with van der Waals surface area (Å²) < 4.78 is 52.8. The Morgan fingerprint density at radius 3 is 1.80 bits per heavy atom. The average molecular weight is 580 g/mol. The summed E-state index contributed by atoms with van der Waals surface area (Å²) in [4.78, 5) is 0. The quantitative estimate of drug-likeness (QED) is 0.204. The van der Waals surface area contributed by atoms with Crippen molar-refractivity contribution in [2.24, 2.45) is 0 Å². The molecular formula is C42H26N2O. The number of aromatic nitrogens is 2. The summed E-state index contributed by atoms with van der Waals surface area (Å²) >= 11 is 0. The monoisotopic (exact) mass is 579 g/mol. The molecule has 0 spiro atoms. The van der Waals surface area contributed by atoms with E-state index in [1.165, 1.54) is 10.8 Å². The Morgan fingerprint density at radius 1 is 0.444 bits per heavy atom. The van der Waals surface area contributed by atoms with Crippen molar-refractivity contribution in [3.05, 3.63) is 158 Å². The van der Waals surface area contributed by atoms with Gasteiger partial charge >= 0.3 is 0 Å². The van der Waals surface area contributed by atoms with Gasteiger partial charge in [0.05, 0.1) is 40.0 Å². The molecule has 3 heterocycles. The maximum absolute atomic E-state index is 8.62. The van der Waals surface area contributed by atoms with E-state index < -0.39 is 6.04 Å². The van der Waals surface area contributed by atoms with E-state index in [0.717, 1.165) is 55.0 Å². The largest absolute Gasteiger partial charge is 0.456 e. The summed E-state index contributed by atoms with van der Waals surface area (Å²) in [5, 5.41) is 6.32. The molecule has 45 heavy (non-hydrogen) atoms. The third kappa shape index (κ3) is 3.46. The van der Waals surface area contributed by atoms with E-state index >= 15 is 0 Å². The van der Waals surface area contributed by atoms with Gasteiger partial charge in [0, 0.05) is 32.6 Å². The lowest BCUT2D eigenvalue weighted by Gasteiger charge is -2.12. The lowest BCUT2D eigenvalue weighted by atomic mass is 10.0. The molecule has 0 bridgehead atoms. The highest BCUT2D eigenvalue weighted by atomic mass is 16.3. The molecule has 0 saturated heterocycles. The first-order valence-corrected chi connectivity index (χ1v) is 15.0. The van der Waals surface area contributed by atoms with Crippen molar-refractivity contribution in [2.75, 3.05) is 0 Å². The Hall–Kier alpha value is -6.06. The second kappa shape index (κ2) is 9.22. The van der Waals surface area contributed by atoms with Crippen LogP contribution in [0.1, 0.15) is 6.85 Å². The van der Waals surface area contributed by atoms with Gasteiger partial charge in [0.2, 0.25) is 0 Å². The molecule has 0 aliphatic carbocycles. The van der Waals surface area contributed by atoms with Gasteiger partial charge in [-0.05, 0) is 65.7 Å². The van der Waals surface area contributed by atoms with E-state index in [1.54, 1.807) is 6.07 Å². The highest BCUT2D eigenvalue weighted by Crippen LogP contribution is 2.41. The van der Waals surface area contributed by atoms with Gasteiger partial charge in [0.15, 0.2) is 0 Å². The molecule has 7 aromatic carbocycles. The van der Waals surface area contributed by atoms with Crippen LogP contribution in [0.3, 0.4) is 0 Å². The standard InChI is InChI=1S/C42H26N2O/c1-2-11-27(12-3-1)28-21-24-40-34(25-28)42-38(19-10-20-41(42)45-40)44-37-18-9-6-15-32(37)33-23-22-29(26-39(33)44)43-35-16-7-4-13-30(35)31-14-5-8-17-36(31)43/h1-26H/i1D,2D,3D,11D,12D. The van der Waals surface area contributed by atoms with Crippen molar-refractivity contribution in [3.8, 4) is 22.5 Å². The first-order valence-electron chi connectivity index (χ1n) is 17.5. The summed E-state index contributed by atoms with van der Waals surface area (Å²) in [6, 6.07) is 42.0. The molecule has 0 radical (unpaired) electrons. The maximum atomic E-state index is 8.62. The van der Waals surface area contributed by atoms with E-state index in [0.29, 0.717) is 16.7 Å². The lowest BCUT2D eigenvalue weighted by Crippen LogP contribution is -1.97. The molecule has 0 fully saturated rings. The second-order valence-corrected chi connectivity index (χ2v) is 11.4. The lowest BCUT2D eigenvalue weighted by molar-refractivity contribution is 0.669. The fraction of sp³-hybridized carbons (Fsp3) is 0. The van der Waals surface area contributed by atoms with Crippen LogP contribution in [0.25, 0.3) is 88.1 Å². The Morgan fingerprint density at radius 2 is 1.09 bits per heavy atom. The van der Waals surface area contributed by atoms with E-state index in [9.17, 15) is 0 Å². The Balaban J connectivity index is 1.28. The van der Waals surface area contributed by atoms with E-state index in [4.69, 9.17) is 11.3 Å². The molecule has 0 N–H and O–H groups in total. The van der Waals surface area contributed by atoms with Crippen LogP contribution < -0.4 is 0 Å². The summed E-state index contributed by atoms with van der Waals surface area (Å²) in [5.74, 6) is 0. The minimum atomic E-state index is -0.410. The summed E-state index contributed by atoms with van der Waals surface area (Å²) in [5.41, 5.74) is 8.37. The van der Waals surface area contributed by atoms with Crippen LogP contribution in [0.5, 0.6) is 0 Å². The molecule has 3 aromatic heterocycles. The fourth-order valence-corrected chi connectivity index (χ4v) is 7.10. The summed E-state index contributed by atoms with van der Waals surface area (Å²) in [6.45, 7) is 0. The SMILES string of the molecule is [2H]c1c([2H])c([2H])c(-c2ccc3oc4cccc(-n5c6ccccc6c6ccc(-n7c8ccccc8c8ccccc87)cc65)c4c3c2)c([2H])c1[2H]. The van der Waals surface area contributed by atoms with Crippen LogP contribution in [-0.2, 0) is 0 Å². The molecule has 10 rings (SSSR count). The molecule has 0 unspecified atom stereocenters. The van der Waals surface area contributed by atoms with Crippen LogP contribution >= 0.6 is 0 Å². The van der Waals surface area contributed by atoms with Crippen molar-refractivity contribution in [3.63, 3.8) is 0 Å². The molecular weight excluding hydrogens is 548 g/mol. The van der Waals surface area contributed by atoms with Crippen molar-refractivity contribution in [1.29, 1.82) is 0 Å². The topological polar surface area (TPSA) is 23.0 Å². The number of nitrogens with zero attached hydrogens (tertiary/aromatic N) is 2. The molecule has 0 aliphatic rings. The van der Waals surface area contributed by atoms with Gasteiger partial charge < -0.3 is 13.6 Å². The number of furan rings is 1. The number of hydrogen-bond donors (Lipinski definition) is 0. The number of fused-ring (bicyclic) bond motifs is 9. The minimum Gasteiger partial charge on any atom is -0.456 e. The zero-order valence-corrected chi connectivity index (χ0v) is 23.9. The van der Waals surface area contributed by atoms with Crippen molar-refractivity contribution in [2.45, 2.75) is 0 Å². The van der Waals surface area contributed by atoms with Crippen molar-refractivity contribution >= 4 is 65.6 Å². The molecule has 10 aromatic rings. The van der Waals surface area contributed by atoms with Gasteiger partial charge in [-0.15, -0.1) is 0 Å². The van der Waals surface area contributed by atoms with Gasteiger partial charge in [0.1, 0.15) is 11.2 Å². The van der Waals surface area contributed by atoms with E-state index in [1.807, 2.05) is 24.3 Å². The minimum absolute atomic E-state index is 0.164. The summed E-state index contributed by atoms with van der Waals surface area (Å²) in [7, 11) is 0. The van der Waals surface area contributed by atoms with Crippen LogP contribution in [0.15, 0.2) is 162 Å². The first kappa shape index (κ1) is 20.0. The highest BCUT2D eigenvalue weighted by molar-refractivity contribution is 6.15. The van der Waals surface area contributed by atoms with Gasteiger partial charge in [-0.3, -0.25) is 0 Å². The van der Waals surface area contributed by atoms with Gasteiger partial charge in [-0.2, -0.15) is 0 Å². The third-order valence-corrected chi connectivity index (χ3v) is 9.00. The Kier molecular flexibility index (Phi) is 4.10. The number of hydrogen-bond acceptors (Lipinski definition) is 1. The average Bonchev–Trinajstić information content (AvgIpc) is 3.80. The number of para-hydroxylation sites is 3. The normalized spacial score (nSPS) is 13.6. The number of benzene rings is 7. The Labute approximate surface area is 265 Å². The van der Waals surface area contributed by atoms with Crippen molar-refractivity contribution in [1.82, 2.24) is 9.13 Å². The number of rotatable bonds is 3. The smallest absolute Gasteiger partial charge is 0.137 e. The van der Waals surface area contributed by atoms with E-state index in [2.05, 4.69) is 106 Å². The molecule has 3 heteroatoms. The van der Waals surface area contributed by atoms with E-state index in [-0.39, 0.29) is 29.7 Å². The molecule has 210 valence electrons. The van der Waals surface area contributed by atoms with Crippen LogP contribution in [-0.4, -0.2) is 9.13 Å². The zero-order chi connectivity index (χ0) is 33.8. The maximum Gasteiger partial charge on any atom is 0.137 e. The van der Waals surface area contributed by atoms with Crippen LogP contribution in [0, 0.1) is 0 Å². The van der Waals surface area contributed by atoms with Gasteiger partial charge in [-0.1, -0.05) is 103 Å². The fourth-order valence-electron chi connectivity index (χ4n) is 7.10. The molecule has 3 nitrogen and oxygen atoms in total. The Bertz CT molecular complexity index is 2980. The van der Waals surface area contributed by atoms with Crippen LogP contribution in [0.4, 0.5) is 0 Å². The third-order valence-electron chi connectivity index (χ3n) is 9.00. The van der Waals surface area contributed by atoms with Gasteiger partial charge in [0.25, 0.3) is 0 Å². The zero-order valence-electron chi connectivity index (χ0n) is 28.9. The van der Waals surface area contributed by atoms with Crippen molar-refractivity contribution < 1.29 is 11.3 Å².